The molecule has 1 fully saturated rings. The van der Waals surface area contributed by atoms with Gasteiger partial charge in [0.05, 0.1) is 22.9 Å². The molecule has 2 aromatic rings. The van der Waals surface area contributed by atoms with Crippen LogP contribution in [0.15, 0.2) is 42.0 Å². The van der Waals surface area contributed by atoms with Crippen LogP contribution < -0.4 is 4.90 Å². The lowest BCUT2D eigenvalue weighted by Gasteiger charge is -2.22. The molecule has 1 heterocycles. The minimum atomic E-state index is -0.431. The molecule has 34 heavy (non-hydrogen) atoms. The molecule has 0 saturated heterocycles. The molecule has 0 atom stereocenters. The third-order valence-electron chi connectivity index (χ3n) is 6.32. The fourth-order valence-corrected chi connectivity index (χ4v) is 4.38. The smallest absolute Gasteiger partial charge is 0.257 e. The first kappa shape index (κ1) is 22.9. The Kier molecular flexibility index (Phi) is 6.03. The number of likely N-dealkylation sites (N-methyl/N-ethyl adjacent to an activating group) is 1. The summed E-state index contributed by atoms with van der Waals surface area (Å²) in [6.45, 7) is 1.63. The number of amides is 2. The van der Waals surface area contributed by atoms with Crippen LogP contribution in [0.4, 0.5) is 5.69 Å². The van der Waals surface area contributed by atoms with Crippen molar-refractivity contribution in [2.75, 3.05) is 18.5 Å². The molecule has 1 aliphatic heterocycles. The van der Waals surface area contributed by atoms with E-state index in [-0.39, 0.29) is 48.5 Å². The van der Waals surface area contributed by atoms with E-state index in [0.29, 0.717) is 23.2 Å². The second-order valence-corrected chi connectivity index (χ2v) is 8.48. The largest absolute Gasteiger partial charge is 0.506 e. The molecule has 172 valence electrons. The van der Waals surface area contributed by atoms with Gasteiger partial charge in [-0.3, -0.25) is 19.2 Å². The molecule has 1 aliphatic carbocycles. The number of rotatable bonds is 3. The Morgan fingerprint density at radius 2 is 1.68 bits per heavy atom. The predicted molar refractivity (Wildman–Crippen MR) is 124 cm³/mol. The number of hydrogen-bond donors (Lipinski definition) is 1. The quantitative estimate of drug-likeness (QED) is 0.430. The molecule has 1 saturated carbocycles. The minimum absolute atomic E-state index is 0.150. The van der Waals surface area contributed by atoms with Gasteiger partial charge >= 0.3 is 0 Å². The molecule has 0 spiro atoms. The van der Waals surface area contributed by atoms with Crippen LogP contribution >= 0.6 is 0 Å². The molecule has 2 aromatic carbocycles. The van der Waals surface area contributed by atoms with Gasteiger partial charge in [0.1, 0.15) is 17.9 Å². The van der Waals surface area contributed by atoms with Crippen molar-refractivity contribution in [2.24, 2.45) is 0 Å². The second-order valence-electron chi connectivity index (χ2n) is 8.48. The van der Waals surface area contributed by atoms with E-state index in [1.54, 1.807) is 44.3 Å². The Morgan fingerprint density at radius 3 is 2.29 bits per heavy atom. The molecule has 4 rings (SSSR count). The summed E-state index contributed by atoms with van der Waals surface area (Å²) in [6.07, 6.45) is 0.820. The number of fused-ring (bicyclic) bond motifs is 1. The number of Topliss-reactive ketones (excluding diaryl/α,β-unsaturated/α-hetero) is 2. The lowest BCUT2D eigenvalue weighted by atomic mass is 9.88. The van der Waals surface area contributed by atoms with E-state index in [4.69, 9.17) is 5.26 Å². The van der Waals surface area contributed by atoms with Crippen LogP contribution in [-0.4, -0.2) is 47.0 Å². The van der Waals surface area contributed by atoms with Crippen LogP contribution in [0, 0.1) is 18.3 Å². The average molecular weight is 457 g/mol. The van der Waals surface area contributed by atoms with E-state index >= 15 is 0 Å². The molecule has 0 bridgehead atoms. The first-order valence-electron chi connectivity index (χ1n) is 10.9. The van der Waals surface area contributed by atoms with Crippen molar-refractivity contribution in [1.29, 1.82) is 5.26 Å². The normalized spacial score (nSPS) is 16.3. The summed E-state index contributed by atoms with van der Waals surface area (Å²) in [4.78, 5) is 53.9. The predicted octanol–water partition coefficient (Wildman–Crippen LogP) is 3.08. The van der Waals surface area contributed by atoms with Gasteiger partial charge in [0.2, 0.25) is 5.91 Å². The van der Waals surface area contributed by atoms with Crippen molar-refractivity contribution in [3.63, 3.8) is 0 Å². The van der Waals surface area contributed by atoms with Gasteiger partial charge in [0.15, 0.2) is 11.6 Å². The number of allylic oxidation sites excluding steroid dienone is 1. The van der Waals surface area contributed by atoms with Crippen LogP contribution in [0.3, 0.4) is 0 Å². The number of nitrogens with zero attached hydrogens (tertiary/aromatic N) is 3. The molecule has 1 N–H and O–H groups in total. The summed E-state index contributed by atoms with van der Waals surface area (Å²) < 4.78 is 0. The third-order valence-corrected chi connectivity index (χ3v) is 6.32. The highest BCUT2D eigenvalue weighted by Gasteiger charge is 2.34. The van der Waals surface area contributed by atoms with Gasteiger partial charge in [0, 0.05) is 32.0 Å². The lowest BCUT2D eigenvalue weighted by molar-refractivity contribution is -0.124. The second kappa shape index (κ2) is 8.94. The van der Waals surface area contributed by atoms with E-state index in [2.05, 4.69) is 0 Å². The van der Waals surface area contributed by atoms with Crippen molar-refractivity contribution in [2.45, 2.75) is 32.7 Å². The van der Waals surface area contributed by atoms with Crippen LogP contribution in [0.1, 0.15) is 51.9 Å². The Balaban J connectivity index is 1.80. The number of anilines is 1. The molecule has 0 unspecified atom stereocenters. The summed E-state index contributed by atoms with van der Waals surface area (Å²) in [5.74, 6) is -1.95. The van der Waals surface area contributed by atoms with Gasteiger partial charge in [-0.05, 0) is 48.7 Å². The fourth-order valence-electron chi connectivity index (χ4n) is 4.38. The third kappa shape index (κ3) is 3.97. The minimum Gasteiger partial charge on any atom is -0.506 e. The van der Waals surface area contributed by atoms with Crippen molar-refractivity contribution >= 4 is 34.8 Å². The summed E-state index contributed by atoms with van der Waals surface area (Å²) >= 11 is 0. The lowest BCUT2D eigenvalue weighted by Crippen LogP contribution is -2.37. The number of aliphatic hydroxyl groups excluding tert-OH is 1. The van der Waals surface area contributed by atoms with E-state index in [0.717, 1.165) is 5.56 Å². The van der Waals surface area contributed by atoms with Gasteiger partial charge in [-0.2, -0.15) is 5.26 Å². The van der Waals surface area contributed by atoms with E-state index in [9.17, 15) is 24.3 Å². The monoisotopic (exact) mass is 457 g/mol. The number of nitriles is 1. The van der Waals surface area contributed by atoms with Crippen molar-refractivity contribution in [1.82, 2.24) is 4.90 Å². The molecule has 0 radical (unpaired) electrons. The highest BCUT2D eigenvalue weighted by atomic mass is 16.3. The van der Waals surface area contributed by atoms with Gasteiger partial charge in [-0.1, -0.05) is 12.1 Å². The highest BCUT2D eigenvalue weighted by molar-refractivity contribution is 6.26. The molecule has 2 aliphatic rings. The zero-order chi connectivity index (χ0) is 24.6. The maximum absolute atomic E-state index is 13.6. The first-order valence-corrected chi connectivity index (χ1v) is 10.9. The molecule has 8 nitrogen and oxygen atoms in total. The van der Waals surface area contributed by atoms with Crippen LogP contribution in [0.5, 0.6) is 0 Å². The van der Waals surface area contributed by atoms with Crippen molar-refractivity contribution in [3.05, 3.63) is 69.8 Å². The molecule has 2 amide bonds. The Hall–Kier alpha value is -4.25. The Labute approximate surface area is 196 Å². The average Bonchev–Trinajstić information content (AvgIpc) is 2.90. The fraction of sp³-hybridized carbons (Fsp3) is 0.269. The molecular formula is C26H23N3O5. The van der Waals surface area contributed by atoms with E-state index < -0.39 is 23.2 Å². The highest BCUT2D eigenvalue weighted by Crippen LogP contribution is 2.34. The maximum atomic E-state index is 13.6. The number of aliphatic hydroxyl groups is 1. The van der Waals surface area contributed by atoms with Crippen molar-refractivity contribution in [3.8, 4) is 6.07 Å². The van der Waals surface area contributed by atoms with Gasteiger partial charge in [0.25, 0.3) is 5.91 Å². The summed E-state index contributed by atoms with van der Waals surface area (Å²) in [7, 11) is 1.57. The Morgan fingerprint density at radius 1 is 1.03 bits per heavy atom. The zero-order valence-corrected chi connectivity index (χ0v) is 18.9. The summed E-state index contributed by atoms with van der Waals surface area (Å²) in [5.41, 5.74) is 2.22. The SMILES string of the molecule is Cc1c(C(O)=C2C(=O)CCCC2=O)ccc2c1C(=O)N(Cc1ccc(C#N)cc1)CC(=O)N2C. The number of ketones is 2. The molecule has 8 heteroatoms. The summed E-state index contributed by atoms with van der Waals surface area (Å²) in [6, 6.07) is 11.9. The topological polar surface area (TPSA) is 119 Å². The standard InChI is InChI=1S/C26H23N3O5/c1-15-18(25(33)24-20(30)4-3-5-21(24)31)10-11-19-23(15)26(34)29(14-22(32)28(19)2)13-17-8-6-16(12-27)7-9-17/h6-11,33H,3-5,13-14H2,1-2H3. The van der Waals surface area contributed by atoms with Crippen LogP contribution in [-0.2, 0) is 20.9 Å². The molecular weight excluding hydrogens is 434 g/mol. The number of hydrogen-bond acceptors (Lipinski definition) is 6. The van der Waals surface area contributed by atoms with Gasteiger partial charge in [-0.25, -0.2) is 0 Å². The van der Waals surface area contributed by atoms with E-state index in [1.807, 2.05) is 6.07 Å². The zero-order valence-electron chi connectivity index (χ0n) is 18.9. The molecule has 0 aromatic heterocycles. The summed E-state index contributed by atoms with van der Waals surface area (Å²) in [5, 5.41) is 19.9. The van der Waals surface area contributed by atoms with Crippen LogP contribution in [0.25, 0.3) is 5.76 Å². The van der Waals surface area contributed by atoms with Gasteiger partial charge in [-0.15, -0.1) is 0 Å². The number of carbonyl (C=O) groups excluding carboxylic acids is 4. The number of benzene rings is 2. The van der Waals surface area contributed by atoms with E-state index in [1.165, 1.54) is 15.9 Å². The Bertz CT molecular complexity index is 1280. The maximum Gasteiger partial charge on any atom is 0.257 e. The number of carbonyl (C=O) groups is 4. The first-order chi connectivity index (χ1) is 16.2. The van der Waals surface area contributed by atoms with Crippen molar-refractivity contribution < 1.29 is 24.3 Å². The van der Waals surface area contributed by atoms with Crippen LogP contribution in [0.2, 0.25) is 0 Å². The van der Waals surface area contributed by atoms with Gasteiger partial charge < -0.3 is 14.9 Å².